The van der Waals surface area contributed by atoms with Crippen LogP contribution in [0.15, 0.2) is 9.98 Å². The average Bonchev–Trinajstić information content (AvgIpc) is 2.63. The maximum Gasteiger partial charge on any atom is 0.0392 e. The molecule has 0 saturated carbocycles. The molecule has 0 spiro atoms. The van der Waals surface area contributed by atoms with Crippen molar-refractivity contribution in [2.24, 2.45) is 9.98 Å². The van der Waals surface area contributed by atoms with E-state index in [-0.39, 0.29) is 22.3 Å². The molecule has 0 aliphatic carbocycles. The van der Waals surface area contributed by atoms with Crippen LogP contribution in [0.1, 0.15) is 61.8 Å². The highest BCUT2D eigenvalue weighted by Gasteiger charge is 1.97. The van der Waals surface area contributed by atoms with Crippen LogP contribution < -0.4 is 0 Å². The molecule has 0 radical (unpaired) electrons. The van der Waals surface area contributed by atoms with Crippen LogP contribution in [0.5, 0.6) is 0 Å². The molecule has 15 heavy (non-hydrogen) atoms. The number of hydrogen-bond donors (Lipinski definition) is 0. The smallest absolute Gasteiger partial charge is 0.0392 e. The Bertz CT molecular complexity index is 171. The molecule has 0 aromatic heterocycles. The first kappa shape index (κ1) is 19.8. The first-order valence-electron chi connectivity index (χ1n) is 4.79. The third kappa shape index (κ3) is 9.64. The van der Waals surface area contributed by atoms with Crippen molar-refractivity contribution in [1.29, 1.82) is 0 Å². The van der Waals surface area contributed by atoms with E-state index in [0.717, 1.165) is 13.1 Å². The summed E-state index contributed by atoms with van der Waals surface area (Å²) in [5.41, 5.74) is 2.66. The van der Waals surface area contributed by atoms with Gasteiger partial charge >= 0.3 is 0 Å². The summed E-state index contributed by atoms with van der Waals surface area (Å²) in [6, 6.07) is 0. The lowest BCUT2D eigenvalue weighted by Crippen LogP contribution is -1.77. The van der Waals surface area contributed by atoms with Crippen LogP contribution in [0, 0.1) is 0 Å². The minimum atomic E-state index is 0. The molecular formula is C13H30N2. The molecular weight excluding hydrogens is 184 g/mol. The zero-order chi connectivity index (χ0) is 8.81. The first-order valence-corrected chi connectivity index (χ1v) is 4.79. The summed E-state index contributed by atoms with van der Waals surface area (Å²) in [5.74, 6) is 0. The molecule has 0 amide bonds. The zero-order valence-corrected chi connectivity index (χ0v) is 8.14. The van der Waals surface area contributed by atoms with Gasteiger partial charge in [-0.25, -0.2) is 0 Å². The Morgan fingerprint density at radius 3 is 1.13 bits per heavy atom. The van der Waals surface area contributed by atoms with Gasteiger partial charge in [-0.15, -0.1) is 0 Å². The zero-order valence-electron chi connectivity index (χ0n) is 8.14. The standard InChI is InChI=1S/2C5H9N.3CH4/c2*1-5-3-2-4-6-5;;;/h2*2-4H2,1H3;3*1H4. The van der Waals surface area contributed by atoms with E-state index in [4.69, 9.17) is 0 Å². The Labute approximate surface area is 96.9 Å². The van der Waals surface area contributed by atoms with Crippen molar-refractivity contribution in [3.05, 3.63) is 0 Å². The van der Waals surface area contributed by atoms with Gasteiger partial charge in [0.2, 0.25) is 0 Å². The van der Waals surface area contributed by atoms with Crippen LogP contribution in [-0.4, -0.2) is 24.5 Å². The SMILES string of the molecule is C.C.C.CC1=NCCC1.CC1=NCCC1. The summed E-state index contributed by atoms with van der Waals surface area (Å²) in [5, 5.41) is 0. The molecule has 2 heteroatoms. The van der Waals surface area contributed by atoms with E-state index in [0.29, 0.717) is 0 Å². The van der Waals surface area contributed by atoms with Gasteiger partial charge in [-0.2, -0.15) is 0 Å². The molecule has 2 aliphatic rings. The Hall–Kier alpha value is -0.660. The molecule has 0 aromatic carbocycles. The fourth-order valence-electron chi connectivity index (χ4n) is 1.37. The highest BCUT2D eigenvalue weighted by Crippen LogP contribution is 2.01. The molecule has 0 fully saturated rings. The topological polar surface area (TPSA) is 24.7 Å². The number of rotatable bonds is 0. The minimum Gasteiger partial charge on any atom is -0.294 e. The van der Waals surface area contributed by atoms with Gasteiger partial charge in [0.15, 0.2) is 0 Å². The first-order chi connectivity index (χ1) is 5.79. The Morgan fingerprint density at radius 1 is 0.733 bits per heavy atom. The molecule has 2 nitrogen and oxygen atoms in total. The van der Waals surface area contributed by atoms with E-state index in [1.54, 1.807) is 0 Å². The third-order valence-electron chi connectivity index (χ3n) is 2.16. The van der Waals surface area contributed by atoms with Gasteiger partial charge in [0.25, 0.3) is 0 Å². The van der Waals surface area contributed by atoms with E-state index in [1.807, 2.05) is 0 Å². The van der Waals surface area contributed by atoms with Gasteiger partial charge in [-0.3, -0.25) is 9.98 Å². The van der Waals surface area contributed by atoms with Crippen molar-refractivity contribution in [2.75, 3.05) is 13.1 Å². The molecule has 0 aromatic rings. The van der Waals surface area contributed by atoms with Gasteiger partial charge in [-0.05, 0) is 39.5 Å². The van der Waals surface area contributed by atoms with Crippen molar-refractivity contribution in [2.45, 2.75) is 61.8 Å². The van der Waals surface area contributed by atoms with Gasteiger partial charge < -0.3 is 0 Å². The predicted molar refractivity (Wildman–Crippen MR) is 74.6 cm³/mol. The maximum absolute atomic E-state index is 4.15. The second kappa shape index (κ2) is 11.4. The Kier molecular flexibility index (Phi) is 15.1. The molecule has 2 aliphatic heterocycles. The summed E-state index contributed by atoms with van der Waals surface area (Å²) < 4.78 is 0. The monoisotopic (exact) mass is 214 g/mol. The summed E-state index contributed by atoms with van der Waals surface area (Å²) in [6.07, 6.45) is 5.04. The van der Waals surface area contributed by atoms with Crippen LogP contribution in [0.2, 0.25) is 0 Å². The molecule has 0 unspecified atom stereocenters. The van der Waals surface area contributed by atoms with E-state index >= 15 is 0 Å². The van der Waals surface area contributed by atoms with Crippen molar-refractivity contribution in [1.82, 2.24) is 0 Å². The van der Waals surface area contributed by atoms with Crippen LogP contribution in [0.3, 0.4) is 0 Å². The summed E-state index contributed by atoms with van der Waals surface area (Å²) >= 11 is 0. The van der Waals surface area contributed by atoms with E-state index in [9.17, 15) is 0 Å². The van der Waals surface area contributed by atoms with Gasteiger partial charge in [0.1, 0.15) is 0 Å². The van der Waals surface area contributed by atoms with Crippen molar-refractivity contribution in [3.8, 4) is 0 Å². The second-order valence-electron chi connectivity index (χ2n) is 3.44. The molecule has 92 valence electrons. The van der Waals surface area contributed by atoms with Gasteiger partial charge in [-0.1, -0.05) is 22.3 Å². The molecule has 0 bridgehead atoms. The molecule has 2 rings (SSSR count). The lowest BCUT2D eigenvalue weighted by atomic mass is 10.3. The van der Waals surface area contributed by atoms with E-state index < -0.39 is 0 Å². The molecule has 0 atom stereocenters. The number of nitrogens with zero attached hydrogens (tertiary/aromatic N) is 2. The van der Waals surface area contributed by atoms with Crippen molar-refractivity contribution in [3.63, 3.8) is 0 Å². The van der Waals surface area contributed by atoms with Crippen LogP contribution >= 0.6 is 0 Å². The Balaban J connectivity index is -0.000000160. The fourth-order valence-corrected chi connectivity index (χ4v) is 1.37. The van der Waals surface area contributed by atoms with E-state index in [1.165, 1.54) is 37.1 Å². The van der Waals surface area contributed by atoms with Crippen LogP contribution in [-0.2, 0) is 0 Å². The lowest BCUT2D eigenvalue weighted by Gasteiger charge is -1.76. The highest BCUT2D eigenvalue weighted by molar-refractivity contribution is 5.83. The molecule has 0 N–H and O–H groups in total. The third-order valence-corrected chi connectivity index (χ3v) is 2.16. The van der Waals surface area contributed by atoms with Crippen molar-refractivity contribution >= 4 is 11.4 Å². The van der Waals surface area contributed by atoms with E-state index in [2.05, 4.69) is 23.8 Å². The molecule has 2 heterocycles. The predicted octanol–water partition coefficient (Wildman–Crippen LogP) is 4.39. The maximum atomic E-state index is 4.15. The fraction of sp³-hybridized carbons (Fsp3) is 0.846. The summed E-state index contributed by atoms with van der Waals surface area (Å²) in [6.45, 7) is 6.33. The summed E-state index contributed by atoms with van der Waals surface area (Å²) in [4.78, 5) is 8.31. The quantitative estimate of drug-likeness (QED) is 0.571. The van der Waals surface area contributed by atoms with Gasteiger partial charge in [0, 0.05) is 24.5 Å². The van der Waals surface area contributed by atoms with Crippen LogP contribution in [0.25, 0.3) is 0 Å². The van der Waals surface area contributed by atoms with Gasteiger partial charge in [0.05, 0.1) is 0 Å². The Morgan fingerprint density at radius 2 is 1.07 bits per heavy atom. The minimum absolute atomic E-state index is 0. The normalized spacial score (nSPS) is 16.9. The summed E-state index contributed by atoms with van der Waals surface area (Å²) in [7, 11) is 0. The number of aliphatic imine (C=N–C) groups is 2. The second-order valence-corrected chi connectivity index (χ2v) is 3.44. The number of hydrogen-bond acceptors (Lipinski definition) is 2. The highest BCUT2D eigenvalue weighted by atomic mass is 14.8. The molecule has 0 saturated heterocycles. The largest absolute Gasteiger partial charge is 0.294 e. The van der Waals surface area contributed by atoms with Crippen LogP contribution in [0.4, 0.5) is 0 Å². The van der Waals surface area contributed by atoms with Crippen molar-refractivity contribution < 1.29 is 0 Å². The lowest BCUT2D eigenvalue weighted by molar-refractivity contribution is 0.951. The average molecular weight is 214 g/mol.